The molecule has 0 unspecified atom stereocenters. The Bertz CT molecular complexity index is 1490. The molecular weight excluding hydrogens is 754 g/mol. The van der Waals surface area contributed by atoms with Crippen molar-refractivity contribution in [3.8, 4) is 10.4 Å². The highest BCUT2D eigenvalue weighted by Crippen LogP contribution is 2.30. The van der Waals surface area contributed by atoms with Crippen LogP contribution < -0.4 is 10.6 Å². The fourth-order valence-electron chi connectivity index (χ4n) is 7.43. The monoisotopic (exact) mass is 815 g/mol. The molecule has 12 heteroatoms. The Morgan fingerprint density at radius 3 is 2.09 bits per heavy atom. The van der Waals surface area contributed by atoms with Crippen molar-refractivity contribution in [1.29, 1.82) is 0 Å². The minimum absolute atomic E-state index is 0.0226. The molecule has 4 amide bonds. The number of piperidine rings is 1. The number of hydrogen-bond donors (Lipinski definition) is 3. The number of hydrogen-bond acceptors (Lipinski definition) is 7. The van der Waals surface area contributed by atoms with E-state index in [4.69, 9.17) is 0 Å². The van der Waals surface area contributed by atoms with Crippen LogP contribution in [0.3, 0.4) is 0 Å². The summed E-state index contributed by atoms with van der Waals surface area (Å²) < 4.78 is 0. The number of unbranched alkanes of at least 4 members (excludes halogenated alkanes) is 8. The highest BCUT2D eigenvalue weighted by molar-refractivity contribution is 9.09. The molecule has 10 nitrogen and oxygen atoms in total. The molecule has 2 saturated heterocycles. The topological polar surface area (TPSA) is 132 Å². The van der Waals surface area contributed by atoms with E-state index in [0.717, 1.165) is 39.9 Å². The predicted octanol–water partition coefficient (Wildman–Crippen LogP) is 7.32. The molecule has 4 atom stereocenters. The van der Waals surface area contributed by atoms with E-state index in [1.54, 1.807) is 11.3 Å². The van der Waals surface area contributed by atoms with Gasteiger partial charge in [-0.3, -0.25) is 19.2 Å². The number of likely N-dealkylation sites (tertiary alicyclic amines) is 2. The van der Waals surface area contributed by atoms with Gasteiger partial charge in [-0.05, 0) is 56.1 Å². The number of alkyl halides is 1. The number of benzene rings is 1. The second-order valence-corrected chi connectivity index (χ2v) is 17.7. The number of β-amino-alcohol motifs (C(OH)–C–C–N with tert-alkyl or cyclic N) is 1. The third-order valence-corrected chi connectivity index (χ3v) is 12.3. The Labute approximate surface area is 329 Å². The summed E-state index contributed by atoms with van der Waals surface area (Å²) in [4.78, 5) is 63.0. The molecule has 0 radical (unpaired) electrons. The summed E-state index contributed by atoms with van der Waals surface area (Å²) in [6.45, 7) is 10.6. The van der Waals surface area contributed by atoms with Crippen molar-refractivity contribution in [3.05, 3.63) is 41.0 Å². The zero-order valence-corrected chi connectivity index (χ0v) is 34.9. The van der Waals surface area contributed by atoms with Gasteiger partial charge in [0, 0.05) is 43.7 Å². The van der Waals surface area contributed by atoms with Crippen LogP contribution in [0.5, 0.6) is 0 Å². The Kier molecular flexibility index (Phi) is 16.8. The molecule has 2 aliphatic rings. The molecule has 0 bridgehead atoms. The lowest BCUT2D eigenvalue weighted by atomic mass is 9.84. The molecule has 4 rings (SSSR count). The lowest BCUT2D eigenvalue weighted by Crippen LogP contribution is -2.59. The van der Waals surface area contributed by atoms with E-state index in [2.05, 4.69) is 31.5 Å². The number of carbonyl (C=O) groups excluding carboxylic acids is 4. The van der Waals surface area contributed by atoms with Crippen molar-refractivity contribution in [2.75, 3.05) is 25.0 Å². The van der Waals surface area contributed by atoms with Crippen molar-refractivity contribution in [3.63, 3.8) is 0 Å². The summed E-state index contributed by atoms with van der Waals surface area (Å²) in [7, 11) is 0. The van der Waals surface area contributed by atoms with Crippen LogP contribution in [0.2, 0.25) is 0 Å². The summed E-state index contributed by atoms with van der Waals surface area (Å²) in [6.07, 6.45) is 11.7. The second-order valence-electron chi connectivity index (χ2n) is 16.1. The van der Waals surface area contributed by atoms with Gasteiger partial charge in [-0.15, -0.1) is 11.3 Å². The van der Waals surface area contributed by atoms with E-state index < -0.39 is 23.6 Å². The number of thiazole rings is 1. The van der Waals surface area contributed by atoms with Gasteiger partial charge in [0.15, 0.2) is 0 Å². The fraction of sp³-hybridized carbons (Fsp3) is 0.683. The third-order valence-electron chi connectivity index (χ3n) is 10.8. The molecule has 0 aliphatic carbocycles. The Morgan fingerprint density at radius 1 is 0.925 bits per heavy atom. The lowest BCUT2D eigenvalue weighted by Gasteiger charge is -2.37. The zero-order valence-electron chi connectivity index (χ0n) is 32.5. The number of halogens is 1. The Balaban J connectivity index is 1.25. The molecule has 0 spiro atoms. The molecule has 2 aliphatic heterocycles. The van der Waals surface area contributed by atoms with Crippen LogP contribution in [0.25, 0.3) is 10.4 Å². The number of carbonyl (C=O) groups is 4. The highest BCUT2D eigenvalue weighted by atomic mass is 79.9. The quantitative estimate of drug-likeness (QED) is 0.107. The average molecular weight is 817 g/mol. The van der Waals surface area contributed by atoms with Gasteiger partial charge in [0.25, 0.3) is 0 Å². The number of aryl methyl sites for hydroxylation is 1. The van der Waals surface area contributed by atoms with Gasteiger partial charge in [-0.25, -0.2) is 4.98 Å². The maximum Gasteiger partial charge on any atom is 0.246 e. The van der Waals surface area contributed by atoms with Crippen molar-refractivity contribution in [1.82, 2.24) is 25.4 Å². The first kappa shape index (κ1) is 42.9. The minimum atomic E-state index is -0.884. The molecule has 2 fully saturated rings. The smallest absolute Gasteiger partial charge is 0.246 e. The molecule has 53 heavy (non-hydrogen) atoms. The molecular formula is C41H62BrN5O5S. The van der Waals surface area contributed by atoms with Crippen molar-refractivity contribution in [2.45, 2.75) is 142 Å². The number of aromatic nitrogens is 1. The van der Waals surface area contributed by atoms with Gasteiger partial charge in [-0.2, -0.15) is 0 Å². The summed E-state index contributed by atoms with van der Waals surface area (Å²) in [5.41, 5.74) is 4.15. The van der Waals surface area contributed by atoms with Crippen molar-refractivity contribution >= 4 is 50.9 Å². The standard InChI is InChI=1S/C41H62BrN5O5S/c1-28(30-16-18-31(19-17-30)36-29(2)43-27-53-36)44-39(51)34-25-33(48)26-47(34)40(52)37(41(3,4)5)45-38(50)32-20-23-46(24-21-32)35(49)15-13-11-9-7-6-8-10-12-14-22-42/h16-19,27-28,32-34,37,48H,6-15,20-26H2,1-5H3,(H,44,51)(H,45,50)/t28-,33+,34-,37+/m0/s1. The van der Waals surface area contributed by atoms with Crippen molar-refractivity contribution < 1.29 is 24.3 Å². The van der Waals surface area contributed by atoms with Gasteiger partial charge < -0.3 is 25.5 Å². The number of aliphatic hydroxyl groups excluding tert-OH is 1. The fourth-order valence-corrected chi connectivity index (χ4v) is 8.64. The van der Waals surface area contributed by atoms with Crippen LogP contribution in [-0.4, -0.2) is 86.7 Å². The Hall–Kier alpha value is -2.83. The first-order valence-corrected chi connectivity index (χ1v) is 21.7. The van der Waals surface area contributed by atoms with Crippen LogP contribution in [0.1, 0.15) is 128 Å². The van der Waals surface area contributed by atoms with Gasteiger partial charge >= 0.3 is 0 Å². The van der Waals surface area contributed by atoms with E-state index in [9.17, 15) is 24.3 Å². The van der Waals surface area contributed by atoms with Crippen LogP contribution in [0, 0.1) is 18.3 Å². The number of nitrogens with one attached hydrogen (secondary N) is 2. The van der Waals surface area contributed by atoms with Crippen molar-refractivity contribution in [2.24, 2.45) is 11.3 Å². The number of amides is 4. The maximum absolute atomic E-state index is 14.1. The summed E-state index contributed by atoms with van der Waals surface area (Å²) in [6, 6.07) is 5.94. The van der Waals surface area contributed by atoms with Crippen LogP contribution >= 0.6 is 27.3 Å². The van der Waals surface area contributed by atoms with E-state index in [-0.39, 0.29) is 48.6 Å². The van der Waals surface area contributed by atoms with Crippen LogP contribution in [-0.2, 0) is 19.2 Å². The average Bonchev–Trinajstić information content (AvgIpc) is 3.75. The zero-order chi connectivity index (χ0) is 38.5. The largest absolute Gasteiger partial charge is 0.391 e. The van der Waals surface area contributed by atoms with E-state index in [0.29, 0.717) is 32.4 Å². The van der Waals surface area contributed by atoms with Gasteiger partial charge in [0.1, 0.15) is 12.1 Å². The van der Waals surface area contributed by atoms with Crippen LogP contribution in [0.15, 0.2) is 29.8 Å². The number of nitrogens with zero attached hydrogens (tertiary/aromatic N) is 3. The predicted molar refractivity (Wildman–Crippen MR) is 216 cm³/mol. The molecule has 3 heterocycles. The highest BCUT2D eigenvalue weighted by Gasteiger charge is 2.45. The Morgan fingerprint density at radius 2 is 1.53 bits per heavy atom. The third kappa shape index (κ3) is 12.6. The maximum atomic E-state index is 14.1. The molecule has 1 aromatic heterocycles. The van der Waals surface area contributed by atoms with Gasteiger partial charge in [0.05, 0.1) is 28.2 Å². The minimum Gasteiger partial charge on any atom is -0.391 e. The molecule has 1 aromatic carbocycles. The number of aliphatic hydroxyl groups is 1. The second kappa shape index (κ2) is 20.7. The van der Waals surface area contributed by atoms with Gasteiger partial charge in [0.2, 0.25) is 23.6 Å². The van der Waals surface area contributed by atoms with E-state index in [1.165, 1.54) is 49.8 Å². The molecule has 0 saturated carbocycles. The first-order chi connectivity index (χ1) is 25.3. The lowest BCUT2D eigenvalue weighted by molar-refractivity contribution is -0.145. The summed E-state index contributed by atoms with van der Waals surface area (Å²) in [5.74, 6) is -1.06. The van der Waals surface area contributed by atoms with Gasteiger partial charge in [-0.1, -0.05) is 106 Å². The van der Waals surface area contributed by atoms with E-state index in [1.807, 2.05) is 69.3 Å². The molecule has 2 aromatic rings. The number of rotatable bonds is 18. The first-order valence-electron chi connectivity index (χ1n) is 19.7. The molecule has 3 N–H and O–H groups in total. The summed E-state index contributed by atoms with van der Waals surface area (Å²) >= 11 is 5.07. The summed E-state index contributed by atoms with van der Waals surface area (Å²) in [5, 5.41) is 17.8. The van der Waals surface area contributed by atoms with E-state index >= 15 is 0 Å². The normalized spacial score (nSPS) is 19.2. The SMILES string of the molecule is Cc1ncsc1-c1ccc([C@H](C)NC(=O)[C@@H]2C[C@@H](O)CN2C(=O)[C@@H](NC(=O)C2CCN(C(=O)CCCCCCCCCCCBr)CC2)C(C)(C)C)cc1. The van der Waals surface area contributed by atoms with Crippen LogP contribution in [0.4, 0.5) is 0 Å². The molecule has 294 valence electrons.